The summed E-state index contributed by atoms with van der Waals surface area (Å²) in [7, 11) is 0. The number of carbonyl (C=O) groups excluding carboxylic acids is 1. The Bertz CT molecular complexity index is 714. The highest BCUT2D eigenvalue weighted by Gasteiger charge is 2.14. The molecule has 0 spiro atoms. The van der Waals surface area contributed by atoms with E-state index in [1.54, 1.807) is 6.07 Å². The van der Waals surface area contributed by atoms with Gasteiger partial charge >= 0.3 is 0 Å². The molecule has 2 aromatic carbocycles. The molecule has 0 aliphatic carbocycles. The molecule has 22 heavy (non-hydrogen) atoms. The Morgan fingerprint density at radius 3 is 2.59 bits per heavy atom. The summed E-state index contributed by atoms with van der Waals surface area (Å²) < 4.78 is 12.7. The second-order valence-corrected chi connectivity index (χ2v) is 4.41. The van der Waals surface area contributed by atoms with Gasteiger partial charge in [-0.2, -0.15) is 5.10 Å². The lowest BCUT2D eigenvalue weighted by molar-refractivity contribution is -0.385. The van der Waals surface area contributed by atoms with Crippen molar-refractivity contribution in [1.29, 1.82) is 0 Å². The zero-order valence-corrected chi connectivity index (χ0v) is 11.4. The average molecular weight is 301 g/mol. The molecule has 0 radical (unpaired) electrons. The second kappa shape index (κ2) is 7.07. The number of nitrogens with zero attached hydrogens (tertiary/aromatic N) is 2. The number of hydrazone groups is 1. The molecule has 2 aromatic rings. The average Bonchev–Trinajstić information content (AvgIpc) is 2.49. The summed E-state index contributed by atoms with van der Waals surface area (Å²) >= 11 is 0. The fraction of sp³-hybridized carbons (Fsp3) is 0.0667. The van der Waals surface area contributed by atoms with E-state index < -0.39 is 10.8 Å². The maximum absolute atomic E-state index is 12.7. The Morgan fingerprint density at radius 1 is 1.23 bits per heavy atom. The van der Waals surface area contributed by atoms with E-state index >= 15 is 0 Å². The summed E-state index contributed by atoms with van der Waals surface area (Å²) in [6.07, 6.45) is 1.20. The molecule has 6 nitrogen and oxygen atoms in total. The van der Waals surface area contributed by atoms with Gasteiger partial charge in [-0.25, -0.2) is 9.82 Å². The molecule has 0 atom stereocenters. The molecule has 0 unspecified atom stereocenters. The van der Waals surface area contributed by atoms with Gasteiger partial charge in [-0.05, 0) is 17.7 Å². The molecule has 0 aromatic heterocycles. The first-order chi connectivity index (χ1) is 10.6. The monoisotopic (exact) mass is 301 g/mol. The number of hydrogen-bond acceptors (Lipinski definition) is 4. The van der Waals surface area contributed by atoms with Gasteiger partial charge in [0.15, 0.2) is 0 Å². The third-order valence-corrected chi connectivity index (χ3v) is 2.81. The SMILES string of the molecule is O=C(Cc1ccccc1[N+](=O)[O-])NN=Cc1ccc(F)cc1. The maximum atomic E-state index is 12.7. The number of para-hydroxylation sites is 1. The van der Waals surface area contributed by atoms with Crippen LogP contribution >= 0.6 is 0 Å². The molecule has 1 N–H and O–H groups in total. The van der Waals surface area contributed by atoms with Crippen LogP contribution in [0.15, 0.2) is 53.6 Å². The van der Waals surface area contributed by atoms with E-state index in [2.05, 4.69) is 10.5 Å². The van der Waals surface area contributed by atoms with Gasteiger partial charge < -0.3 is 0 Å². The van der Waals surface area contributed by atoms with Gasteiger partial charge in [0.1, 0.15) is 5.82 Å². The van der Waals surface area contributed by atoms with Crippen LogP contribution in [0.2, 0.25) is 0 Å². The normalized spacial score (nSPS) is 10.6. The van der Waals surface area contributed by atoms with Gasteiger partial charge in [-0.1, -0.05) is 30.3 Å². The van der Waals surface area contributed by atoms with Crippen molar-refractivity contribution in [2.45, 2.75) is 6.42 Å². The number of amides is 1. The molecule has 0 heterocycles. The van der Waals surface area contributed by atoms with Crippen LogP contribution in [0.1, 0.15) is 11.1 Å². The van der Waals surface area contributed by atoms with Gasteiger partial charge in [-0.15, -0.1) is 0 Å². The largest absolute Gasteiger partial charge is 0.273 e. The van der Waals surface area contributed by atoms with Gasteiger partial charge in [0.05, 0.1) is 17.6 Å². The van der Waals surface area contributed by atoms with Crippen molar-refractivity contribution in [3.63, 3.8) is 0 Å². The fourth-order valence-electron chi connectivity index (χ4n) is 1.78. The first kappa shape index (κ1) is 15.3. The van der Waals surface area contributed by atoms with E-state index in [1.807, 2.05) is 0 Å². The Morgan fingerprint density at radius 2 is 1.91 bits per heavy atom. The molecular weight excluding hydrogens is 289 g/mol. The number of nitrogens with one attached hydrogen (secondary N) is 1. The van der Waals surface area contributed by atoms with E-state index in [0.29, 0.717) is 11.1 Å². The zero-order valence-electron chi connectivity index (χ0n) is 11.4. The molecule has 0 fully saturated rings. The first-order valence-electron chi connectivity index (χ1n) is 6.36. The van der Waals surface area contributed by atoms with E-state index in [-0.39, 0.29) is 17.9 Å². The number of nitro benzene ring substituents is 1. The number of rotatable bonds is 5. The van der Waals surface area contributed by atoms with Crippen molar-refractivity contribution in [2.75, 3.05) is 0 Å². The van der Waals surface area contributed by atoms with Crippen LogP contribution in [-0.2, 0) is 11.2 Å². The van der Waals surface area contributed by atoms with E-state index in [4.69, 9.17) is 0 Å². The van der Waals surface area contributed by atoms with Crippen LogP contribution in [-0.4, -0.2) is 17.0 Å². The summed E-state index contributed by atoms with van der Waals surface area (Å²) in [5, 5.41) is 14.6. The lowest BCUT2D eigenvalue weighted by Crippen LogP contribution is -2.20. The van der Waals surface area contributed by atoms with Crippen LogP contribution in [0.25, 0.3) is 0 Å². The quantitative estimate of drug-likeness (QED) is 0.523. The van der Waals surface area contributed by atoms with Crippen molar-refractivity contribution in [3.8, 4) is 0 Å². The van der Waals surface area contributed by atoms with E-state index in [0.717, 1.165) is 0 Å². The molecule has 0 aliphatic heterocycles. The van der Waals surface area contributed by atoms with Crippen LogP contribution in [0.4, 0.5) is 10.1 Å². The van der Waals surface area contributed by atoms with Gasteiger partial charge in [-0.3, -0.25) is 14.9 Å². The predicted octanol–water partition coefficient (Wildman–Crippen LogP) is 2.43. The van der Waals surface area contributed by atoms with Gasteiger partial charge in [0, 0.05) is 11.6 Å². The molecule has 0 saturated heterocycles. The maximum Gasteiger partial charge on any atom is 0.273 e. The van der Waals surface area contributed by atoms with Gasteiger partial charge in [0.25, 0.3) is 5.69 Å². The topological polar surface area (TPSA) is 84.6 Å². The van der Waals surface area contributed by atoms with Crippen LogP contribution in [0.3, 0.4) is 0 Å². The number of halogens is 1. The zero-order chi connectivity index (χ0) is 15.9. The van der Waals surface area contributed by atoms with Crippen molar-refractivity contribution in [2.24, 2.45) is 5.10 Å². The number of carbonyl (C=O) groups is 1. The van der Waals surface area contributed by atoms with Crippen molar-refractivity contribution < 1.29 is 14.1 Å². The minimum absolute atomic E-state index is 0.111. The van der Waals surface area contributed by atoms with Crippen LogP contribution in [0, 0.1) is 15.9 Å². The number of benzene rings is 2. The van der Waals surface area contributed by atoms with Crippen LogP contribution in [0.5, 0.6) is 0 Å². The molecule has 2 rings (SSSR count). The Balaban J connectivity index is 1.96. The lowest BCUT2D eigenvalue weighted by atomic mass is 10.1. The van der Waals surface area contributed by atoms with Gasteiger partial charge in [0.2, 0.25) is 5.91 Å². The molecule has 0 bridgehead atoms. The summed E-state index contributed by atoms with van der Waals surface area (Å²) in [6.45, 7) is 0. The highest BCUT2D eigenvalue weighted by atomic mass is 19.1. The third-order valence-electron chi connectivity index (χ3n) is 2.81. The lowest BCUT2D eigenvalue weighted by Gasteiger charge is -2.01. The fourth-order valence-corrected chi connectivity index (χ4v) is 1.78. The van der Waals surface area contributed by atoms with E-state index in [1.165, 1.54) is 48.7 Å². The van der Waals surface area contributed by atoms with E-state index in [9.17, 15) is 19.3 Å². The Kier molecular flexibility index (Phi) is 4.92. The van der Waals surface area contributed by atoms with Crippen molar-refractivity contribution in [3.05, 3.63) is 75.6 Å². The summed E-state index contributed by atoms with van der Waals surface area (Å²) in [4.78, 5) is 22.0. The number of hydrogen-bond donors (Lipinski definition) is 1. The molecule has 0 aliphatic rings. The summed E-state index contributed by atoms with van der Waals surface area (Å²) in [5.74, 6) is -0.842. The minimum Gasteiger partial charge on any atom is -0.273 e. The molecule has 1 amide bonds. The highest BCUT2D eigenvalue weighted by molar-refractivity contribution is 5.83. The van der Waals surface area contributed by atoms with Crippen LogP contribution < -0.4 is 5.43 Å². The standard InChI is InChI=1S/C15H12FN3O3/c16-13-7-5-11(6-8-13)10-17-18-15(20)9-12-3-1-2-4-14(12)19(21)22/h1-8,10H,9H2,(H,18,20). The highest BCUT2D eigenvalue weighted by Crippen LogP contribution is 2.17. The summed E-state index contributed by atoms with van der Waals surface area (Å²) in [6, 6.07) is 11.6. The molecule has 0 saturated carbocycles. The Hall–Kier alpha value is -3.09. The second-order valence-electron chi connectivity index (χ2n) is 4.41. The first-order valence-corrected chi connectivity index (χ1v) is 6.36. The molecule has 112 valence electrons. The minimum atomic E-state index is -0.537. The predicted molar refractivity (Wildman–Crippen MR) is 78.9 cm³/mol. The summed E-state index contributed by atoms with van der Waals surface area (Å²) in [5.41, 5.74) is 3.09. The molecular formula is C15H12FN3O3. The third kappa shape index (κ3) is 4.20. The molecule has 7 heteroatoms. The van der Waals surface area contributed by atoms with Crippen molar-refractivity contribution in [1.82, 2.24) is 5.43 Å². The van der Waals surface area contributed by atoms with Crippen molar-refractivity contribution >= 4 is 17.8 Å². The Labute approximate surface area is 125 Å². The smallest absolute Gasteiger partial charge is 0.273 e. The number of nitro groups is 1.